The lowest BCUT2D eigenvalue weighted by molar-refractivity contribution is -0.138. The molecule has 0 saturated carbocycles. The molecule has 0 saturated heterocycles. The van der Waals surface area contributed by atoms with Crippen molar-refractivity contribution < 1.29 is 19.4 Å². The second kappa shape index (κ2) is 7.50. The number of pyridine rings is 1. The molecule has 0 radical (unpaired) electrons. The van der Waals surface area contributed by atoms with E-state index in [4.69, 9.17) is 14.6 Å². The molecule has 100 valence electrons. The van der Waals surface area contributed by atoms with E-state index >= 15 is 0 Å². The summed E-state index contributed by atoms with van der Waals surface area (Å²) in [5.74, 6) is -0.442. The predicted molar refractivity (Wildman–Crippen MR) is 66.9 cm³/mol. The lowest BCUT2D eigenvalue weighted by Crippen LogP contribution is -2.29. The minimum atomic E-state index is -0.887. The summed E-state index contributed by atoms with van der Waals surface area (Å²) < 4.78 is 9.88. The molecule has 1 unspecified atom stereocenters. The van der Waals surface area contributed by atoms with Crippen molar-refractivity contribution in [1.29, 1.82) is 0 Å². The molecule has 18 heavy (non-hydrogen) atoms. The van der Waals surface area contributed by atoms with E-state index < -0.39 is 12.0 Å². The third-order valence-electron chi connectivity index (χ3n) is 2.42. The van der Waals surface area contributed by atoms with Gasteiger partial charge in [-0.15, -0.1) is 0 Å². The third kappa shape index (κ3) is 4.58. The molecule has 2 N–H and O–H groups in total. The van der Waals surface area contributed by atoms with Crippen LogP contribution < -0.4 is 10.1 Å². The Morgan fingerprint density at radius 1 is 1.56 bits per heavy atom. The van der Waals surface area contributed by atoms with Crippen molar-refractivity contribution in [3.63, 3.8) is 0 Å². The highest BCUT2D eigenvalue weighted by atomic mass is 16.5. The number of carboxylic acid groups (broad SMARTS) is 1. The molecule has 6 nitrogen and oxygen atoms in total. The Morgan fingerprint density at radius 2 is 2.33 bits per heavy atom. The summed E-state index contributed by atoms with van der Waals surface area (Å²) in [5.41, 5.74) is 0.673. The Labute approximate surface area is 106 Å². The molecule has 0 aromatic carbocycles. The van der Waals surface area contributed by atoms with Crippen LogP contribution in [0.15, 0.2) is 18.3 Å². The fourth-order valence-corrected chi connectivity index (χ4v) is 1.50. The number of hydrogen-bond donors (Lipinski definition) is 2. The van der Waals surface area contributed by atoms with Gasteiger partial charge in [-0.05, 0) is 18.9 Å². The van der Waals surface area contributed by atoms with E-state index in [1.807, 2.05) is 0 Å². The van der Waals surface area contributed by atoms with E-state index in [0.717, 1.165) is 0 Å². The summed E-state index contributed by atoms with van der Waals surface area (Å²) in [6.45, 7) is 0.547. The maximum Gasteiger partial charge on any atom is 0.326 e. The van der Waals surface area contributed by atoms with E-state index in [2.05, 4.69) is 10.3 Å². The fraction of sp³-hybridized carbons (Fsp3) is 0.500. The van der Waals surface area contributed by atoms with Gasteiger partial charge in [0.1, 0.15) is 6.04 Å². The standard InChI is InChI=1S/C12H18N2O4/c1-17-7-3-4-10(12(15)16)14-9-5-6-13-11(8-9)18-2/h5-6,8,10H,3-4,7H2,1-2H3,(H,13,14)(H,15,16). The summed E-state index contributed by atoms with van der Waals surface area (Å²) in [6.07, 6.45) is 2.74. The van der Waals surface area contributed by atoms with Gasteiger partial charge >= 0.3 is 5.97 Å². The monoisotopic (exact) mass is 254 g/mol. The molecule has 0 bridgehead atoms. The summed E-state index contributed by atoms with van der Waals surface area (Å²) in [6, 6.07) is 2.72. The van der Waals surface area contributed by atoms with Crippen LogP contribution in [0.5, 0.6) is 5.88 Å². The molecule has 0 amide bonds. The van der Waals surface area contributed by atoms with Gasteiger partial charge in [-0.3, -0.25) is 0 Å². The number of hydrogen-bond acceptors (Lipinski definition) is 5. The van der Waals surface area contributed by atoms with Gasteiger partial charge in [0.2, 0.25) is 5.88 Å². The van der Waals surface area contributed by atoms with Gasteiger partial charge in [-0.1, -0.05) is 0 Å². The van der Waals surface area contributed by atoms with Crippen molar-refractivity contribution in [2.45, 2.75) is 18.9 Å². The first-order valence-corrected chi connectivity index (χ1v) is 5.65. The van der Waals surface area contributed by atoms with E-state index in [1.165, 1.54) is 7.11 Å². The van der Waals surface area contributed by atoms with Crippen molar-refractivity contribution in [1.82, 2.24) is 4.98 Å². The molecule has 1 aromatic rings. The molecule has 0 aliphatic heterocycles. The van der Waals surface area contributed by atoms with E-state index in [9.17, 15) is 4.79 Å². The quantitative estimate of drug-likeness (QED) is 0.682. The highest BCUT2D eigenvalue weighted by Gasteiger charge is 2.16. The van der Waals surface area contributed by atoms with Gasteiger partial charge in [-0.25, -0.2) is 9.78 Å². The SMILES string of the molecule is COCCCC(Nc1ccnc(OC)c1)C(=O)O. The number of aromatic nitrogens is 1. The van der Waals surface area contributed by atoms with Crippen LogP contribution in [0, 0.1) is 0 Å². The maximum atomic E-state index is 11.1. The summed E-state index contributed by atoms with van der Waals surface area (Å²) in [5, 5.41) is 12.0. The molecule has 1 atom stereocenters. The number of aliphatic carboxylic acids is 1. The number of nitrogens with one attached hydrogen (secondary N) is 1. The number of methoxy groups -OCH3 is 2. The van der Waals surface area contributed by atoms with Crippen LogP contribution in [0.25, 0.3) is 0 Å². The second-order valence-corrected chi connectivity index (χ2v) is 3.76. The Balaban J connectivity index is 2.61. The topological polar surface area (TPSA) is 80.7 Å². The summed E-state index contributed by atoms with van der Waals surface area (Å²) in [7, 11) is 3.11. The molecular formula is C12H18N2O4. The second-order valence-electron chi connectivity index (χ2n) is 3.76. The molecule has 0 spiro atoms. The van der Waals surface area contributed by atoms with Crippen molar-refractivity contribution in [3.05, 3.63) is 18.3 Å². The molecule has 0 aliphatic rings. The summed E-state index contributed by atoms with van der Waals surface area (Å²) in [4.78, 5) is 15.1. The fourth-order valence-electron chi connectivity index (χ4n) is 1.50. The molecule has 0 aliphatic carbocycles. The minimum absolute atomic E-state index is 0.445. The highest BCUT2D eigenvalue weighted by molar-refractivity contribution is 5.77. The van der Waals surface area contributed by atoms with Gasteiger partial charge in [-0.2, -0.15) is 0 Å². The third-order valence-corrected chi connectivity index (χ3v) is 2.42. The normalized spacial score (nSPS) is 11.9. The molecule has 1 aromatic heterocycles. The van der Waals surface area contributed by atoms with Crippen LogP contribution in [-0.2, 0) is 9.53 Å². The first-order chi connectivity index (χ1) is 8.67. The van der Waals surface area contributed by atoms with E-state index in [-0.39, 0.29) is 0 Å². The number of anilines is 1. The first-order valence-electron chi connectivity index (χ1n) is 5.65. The van der Waals surface area contributed by atoms with E-state index in [0.29, 0.717) is 31.0 Å². The number of carbonyl (C=O) groups is 1. The summed E-state index contributed by atoms with van der Waals surface area (Å²) >= 11 is 0. The van der Waals surface area contributed by atoms with Crippen LogP contribution in [0.1, 0.15) is 12.8 Å². The molecule has 1 rings (SSSR count). The smallest absolute Gasteiger partial charge is 0.326 e. The Hall–Kier alpha value is -1.82. The van der Waals surface area contributed by atoms with Crippen molar-refractivity contribution >= 4 is 11.7 Å². The lowest BCUT2D eigenvalue weighted by atomic mass is 10.1. The Morgan fingerprint density at radius 3 is 2.94 bits per heavy atom. The van der Waals surface area contributed by atoms with Gasteiger partial charge in [0.15, 0.2) is 0 Å². The molecule has 6 heteroatoms. The van der Waals surface area contributed by atoms with Crippen molar-refractivity contribution in [3.8, 4) is 5.88 Å². The average Bonchev–Trinajstić information content (AvgIpc) is 2.38. The zero-order valence-corrected chi connectivity index (χ0v) is 10.5. The zero-order chi connectivity index (χ0) is 13.4. The number of rotatable bonds is 8. The molecule has 0 fully saturated rings. The first kappa shape index (κ1) is 14.2. The highest BCUT2D eigenvalue weighted by Crippen LogP contribution is 2.15. The lowest BCUT2D eigenvalue weighted by Gasteiger charge is -2.15. The van der Waals surface area contributed by atoms with Crippen LogP contribution in [0.2, 0.25) is 0 Å². The number of ether oxygens (including phenoxy) is 2. The van der Waals surface area contributed by atoms with Gasteiger partial charge in [0.05, 0.1) is 7.11 Å². The van der Waals surface area contributed by atoms with E-state index in [1.54, 1.807) is 25.4 Å². The van der Waals surface area contributed by atoms with Gasteiger partial charge in [0.25, 0.3) is 0 Å². The van der Waals surface area contributed by atoms with Crippen molar-refractivity contribution in [2.75, 3.05) is 26.1 Å². The predicted octanol–water partition coefficient (Wildman–Crippen LogP) is 1.38. The average molecular weight is 254 g/mol. The Kier molecular flexibility index (Phi) is 5.93. The van der Waals surface area contributed by atoms with Gasteiger partial charge < -0.3 is 19.9 Å². The maximum absolute atomic E-state index is 11.1. The zero-order valence-electron chi connectivity index (χ0n) is 10.5. The molecule has 1 heterocycles. The number of nitrogens with zero attached hydrogens (tertiary/aromatic N) is 1. The number of carboxylic acids is 1. The van der Waals surface area contributed by atoms with Crippen LogP contribution in [-0.4, -0.2) is 42.9 Å². The van der Waals surface area contributed by atoms with Crippen LogP contribution in [0.3, 0.4) is 0 Å². The van der Waals surface area contributed by atoms with Gasteiger partial charge in [0, 0.05) is 31.7 Å². The largest absolute Gasteiger partial charge is 0.481 e. The Bertz CT molecular complexity index is 384. The van der Waals surface area contributed by atoms with Crippen LogP contribution in [0.4, 0.5) is 5.69 Å². The van der Waals surface area contributed by atoms with Crippen LogP contribution >= 0.6 is 0 Å². The van der Waals surface area contributed by atoms with Crippen molar-refractivity contribution in [2.24, 2.45) is 0 Å². The molecular weight excluding hydrogens is 236 g/mol. The minimum Gasteiger partial charge on any atom is -0.481 e.